The predicted molar refractivity (Wildman–Crippen MR) is 154 cm³/mol. The number of halogens is 4. The number of carbonyl (C=O) groups is 1. The molecule has 1 fully saturated rings. The molecule has 0 radical (unpaired) electrons. The van der Waals surface area contributed by atoms with E-state index in [1.54, 1.807) is 0 Å². The molecular weight excluding hydrogens is 513 g/mol. The summed E-state index contributed by atoms with van der Waals surface area (Å²) in [6, 6.07) is 7.99. The molecule has 9 heteroatoms. The van der Waals surface area contributed by atoms with Crippen LogP contribution in [-0.2, 0) is 4.79 Å². The zero-order valence-corrected chi connectivity index (χ0v) is 24.3. The number of rotatable bonds is 6. The van der Waals surface area contributed by atoms with Gasteiger partial charge in [0.25, 0.3) is 0 Å². The Bertz CT molecular complexity index is 954. The van der Waals surface area contributed by atoms with Gasteiger partial charge in [-0.2, -0.15) is 13.2 Å². The SMILES string of the molecule is CC.CCC(C(=N)C1=CC=C(Cl)CC1)N1CCCC1=O.CCC(F)(F)F.CCN=C(N)c1ccc(C)cc1. The number of nitrogens with zero attached hydrogens (tertiary/aromatic N) is 2. The molecule has 0 aromatic heterocycles. The van der Waals surface area contributed by atoms with Gasteiger partial charge in [-0.25, -0.2) is 0 Å². The number of aliphatic imine (C=N–C) groups is 1. The lowest BCUT2D eigenvalue weighted by atomic mass is 9.93. The van der Waals surface area contributed by atoms with Crippen LogP contribution in [0, 0.1) is 12.3 Å². The molecule has 3 rings (SSSR count). The molecule has 1 heterocycles. The van der Waals surface area contributed by atoms with Crippen molar-refractivity contribution in [2.45, 2.75) is 92.3 Å². The van der Waals surface area contributed by atoms with Crippen molar-refractivity contribution >= 4 is 29.1 Å². The smallest absolute Gasteiger partial charge is 0.384 e. The molecule has 1 aliphatic heterocycles. The van der Waals surface area contributed by atoms with Crippen LogP contribution >= 0.6 is 11.6 Å². The molecule has 1 atom stereocenters. The molecule has 2 aliphatic rings. The Morgan fingerprint density at radius 1 is 1.11 bits per heavy atom. The number of carbonyl (C=O) groups excluding carboxylic acids is 1. The number of nitrogens with two attached hydrogens (primary N) is 1. The van der Waals surface area contributed by atoms with Gasteiger partial charge in [-0.1, -0.05) is 75.2 Å². The molecule has 0 saturated carbocycles. The van der Waals surface area contributed by atoms with Crippen LogP contribution in [0.3, 0.4) is 0 Å². The van der Waals surface area contributed by atoms with Crippen molar-refractivity contribution in [1.82, 2.24) is 4.90 Å². The van der Waals surface area contributed by atoms with Crippen LogP contribution in [0.4, 0.5) is 13.2 Å². The third kappa shape index (κ3) is 13.3. The number of alkyl halides is 3. The summed E-state index contributed by atoms with van der Waals surface area (Å²) in [5, 5.41) is 9.17. The summed E-state index contributed by atoms with van der Waals surface area (Å²) in [5.41, 5.74) is 9.56. The highest BCUT2D eigenvalue weighted by Crippen LogP contribution is 2.26. The maximum absolute atomic E-state index is 11.8. The van der Waals surface area contributed by atoms with Crippen LogP contribution in [0.5, 0.6) is 0 Å². The first-order valence-corrected chi connectivity index (χ1v) is 13.7. The molecule has 1 unspecified atom stereocenters. The maximum atomic E-state index is 11.8. The number of amides is 1. The van der Waals surface area contributed by atoms with E-state index in [1.807, 2.05) is 69.0 Å². The number of hydrogen-bond acceptors (Lipinski definition) is 3. The van der Waals surface area contributed by atoms with E-state index in [2.05, 4.69) is 11.9 Å². The summed E-state index contributed by atoms with van der Waals surface area (Å²) in [6.07, 6.45) is 3.09. The molecular formula is C29H44ClF3N4O. The van der Waals surface area contributed by atoms with E-state index in [9.17, 15) is 18.0 Å². The first-order valence-electron chi connectivity index (χ1n) is 13.3. The largest absolute Gasteiger partial charge is 0.388 e. The molecule has 1 amide bonds. The topological polar surface area (TPSA) is 82.5 Å². The summed E-state index contributed by atoms with van der Waals surface area (Å²) < 4.78 is 32.4. The van der Waals surface area contributed by atoms with Gasteiger partial charge in [0.1, 0.15) is 5.84 Å². The molecule has 0 spiro atoms. The standard InChI is InChI=1S/C14H19ClN2O.C10H14N2.C3H5F3.C2H6/c1-2-12(17-9-3-4-13(17)18)14(16)10-5-7-11(15)8-6-10;1-3-12-10(11)9-6-4-8(2)5-7-9;1-2-3(4,5)6;1-2/h5,7,12,16H,2-4,6,8-9H2,1H3;4-7H,3H2,1-2H3,(H2,11,12);2H2,1H3;1-2H3. The summed E-state index contributed by atoms with van der Waals surface area (Å²) in [5.74, 6) is 0.814. The Morgan fingerprint density at radius 3 is 2.08 bits per heavy atom. The van der Waals surface area contributed by atoms with Gasteiger partial charge < -0.3 is 16.0 Å². The van der Waals surface area contributed by atoms with Gasteiger partial charge in [-0.15, -0.1) is 0 Å². The molecule has 1 aromatic carbocycles. The number of allylic oxidation sites excluding steroid dienone is 3. The van der Waals surface area contributed by atoms with E-state index < -0.39 is 12.6 Å². The number of likely N-dealkylation sites (tertiary alicyclic amines) is 1. The Labute approximate surface area is 231 Å². The molecule has 38 heavy (non-hydrogen) atoms. The zero-order valence-electron chi connectivity index (χ0n) is 23.6. The van der Waals surface area contributed by atoms with Crippen molar-refractivity contribution in [1.29, 1.82) is 5.41 Å². The first-order chi connectivity index (χ1) is 17.9. The highest BCUT2D eigenvalue weighted by atomic mass is 35.5. The van der Waals surface area contributed by atoms with Crippen LogP contribution in [-0.4, -0.2) is 47.7 Å². The van der Waals surface area contributed by atoms with Crippen molar-refractivity contribution in [3.8, 4) is 0 Å². The minimum absolute atomic E-state index is 0.0588. The molecule has 3 N–H and O–H groups in total. The number of benzene rings is 1. The van der Waals surface area contributed by atoms with Crippen LogP contribution in [0.15, 0.2) is 52.0 Å². The van der Waals surface area contributed by atoms with Crippen molar-refractivity contribution in [3.63, 3.8) is 0 Å². The quantitative estimate of drug-likeness (QED) is 0.275. The lowest BCUT2D eigenvalue weighted by molar-refractivity contribution is -0.130. The molecule has 1 aliphatic carbocycles. The lowest BCUT2D eigenvalue weighted by Crippen LogP contribution is -2.42. The van der Waals surface area contributed by atoms with Crippen molar-refractivity contribution in [2.24, 2.45) is 10.7 Å². The fraction of sp³-hybridized carbons (Fsp3) is 0.552. The number of hydrogen-bond donors (Lipinski definition) is 2. The normalized spacial score (nSPS) is 16.0. The van der Waals surface area contributed by atoms with E-state index in [1.165, 1.54) is 5.56 Å². The summed E-state index contributed by atoms with van der Waals surface area (Å²) in [7, 11) is 0. The highest BCUT2D eigenvalue weighted by Gasteiger charge is 2.30. The van der Waals surface area contributed by atoms with E-state index in [0.29, 0.717) is 18.0 Å². The second-order valence-corrected chi connectivity index (χ2v) is 9.01. The highest BCUT2D eigenvalue weighted by molar-refractivity contribution is 6.30. The zero-order chi connectivity index (χ0) is 29.3. The summed E-state index contributed by atoms with van der Waals surface area (Å²) in [4.78, 5) is 17.8. The van der Waals surface area contributed by atoms with Gasteiger partial charge in [0.05, 0.1) is 11.8 Å². The monoisotopic (exact) mass is 556 g/mol. The van der Waals surface area contributed by atoms with Crippen LogP contribution in [0.25, 0.3) is 0 Å². The first kappa shape index (κ1) is 35.4. The molecule has 1 saturated heterocycles. The molecule has 5 nitrogen and oxygen atoms in total. The van der Waals surface area contributed by atoms with E-state index >= 15 is 0 Å². The van der Waals surface area contributed by atoms with Crippen molar-refractivity contribution in [2.75, 3.05) is 13.1 Å². The number of nitrogens with one attached hydrogen (secondary N) is 1. The lowest BCUT2D eigenvalue weighted by Gasteiger charge is -2.29. The Kier molecular flexibility index (Phi) is 17.3. The Hall–Kier alpha value is -2.61. The number of amidine groups is 1. The van der Waals surface area contributed by atoms with Gasteiger partial charge in [0, 0.05) is 36.5 Å². The van der Waals surface area contributed by atoms with Gasteiger partial charge >= 0.3 is 6.18 Å². The van der Waals surface area contributed by atoms with Gasteiger partial charge in [-0.3, -0.25) is 9.79 Å². The molecule has 1 aromatic rings. The minimum atomic E-state index is -3.96. The second-order valence-electron chi connectivity index (χ2n) is 8.53. The summed E-state index contributed by atoms with van der Waals surface area (Å²) in [6.45, 7) is 12.7. The third-order valence-electron chi connectivity index (χ3n) is 5.73. The average molecular weight is 557 g/mol. The fourth-order valence-electron chi connectivity index (χ4n) is 3.62. The second kappa shape index (κ2) is 18.6. The van der Waals surface area contributed by atoms with E-state index in [4.69, 9.17) is 22.7 Å². The van der Waals surface area contributed by atoms with Gasteiger partial charge in [-0.05, 0) is 51.2 Å². The fourth-order valence-corrected chi connectivity index (χ4v) is 3.77. The van der Waals surface area contributed by atoms with Crippen molar-refractivity contribution < 1.29 is 18.0 Å². The van der Waals surface area contributed by atoms with E-state index in [-0.39, 0.29) is 11.9 Å². The molecule has 214 valence electrons. The maximum Gasteiger partial charge on any atom is 0.388 e. The van der Waals surface area contributed by atoms with Crippen molar-refractivity contribution in [3.05, 3.63) is 58.1 Å². The van der Waals surface area contributed by atoms with Crippen LogP contribution < -0.4 is 5.73 Å². The van der Waals surface area contributed by atoms with Crippen LogP contribution in [0.2, 0.25) is 0 Å². The third-order valence-corrected chi connectivity index (χ3v) is 6.04. The average Bonchev–Trinajstić information content (AvgIpc) is 3.32. The minimum Gasteiger partial charge on any atom is -0.384 e. The summed E-state index contributed by atoms with van der Waals surface area (Å²) >= 11 is 5.93. The number of aryl methyl sites for hydroxylation is 1. The predicted octanol–water partition coefficient (Wildman–Crippen LogP) is 7.96. The molecule has 0 bridgehead atoms. The van der Waals surface area contributed by atoms with E-state index in [0.717, 1.165) is 61.9 Å². The van der Waals surface area contributed by atoms with Gasteiger partial charge in [0.15, 0.2) is 0 Å². The Balaban J connectivity index is 0.000000590. The van der Waals surface area contributed by atoms with Gasteiger partial charge in [0.2, 0.25) is 5.91 Å². The Morgan fingerprint density at radius 2 is 1.68 bits per heavy atom. The van der Waals surface area contributed by atoms with Crippen LogP contribution in [0.1, 0.15) is 84.3 Å².